The van der Waals surface area contributed by atoms with Gasteiger partial charge in [-0.05, 0) is 40.0 Å². The highest BCUT2D eigenvalue weighted by atomic mass is 16.5. The van der Waals surface area contributed by atoms with Crippen LogP contribution in [0.25, 0.3) is 0 Å². The molecule has 1 rings (SSSR count). The maximum atomic E-state index is 5.40. The first-order chi connectivity index (χ1) is 6.03. The second-order valence-corrected chi connectivity index (χ2v) is 4.86. The second kappa shape index (κ2) is 4.43. The van der Waals surface area contributed by atoms with Crippen LogP contribution in [0.15, 0.2) is 0 Å². The van der Waals surface area contributed by atoms with E-state index in [1.165, 1.54) is 19.3 Å². The Labute approximate surface area is 82.0 Å². The minimum atomic E-state index is 0.0101. The molecule has 0 amide bonds. The summed E-state index contributed by atoms with van der Waals surface area (Å²) in [5.41, 5.74) is 0.0101. The molecule has 1 fully saturated rings. The van der Waals surface area contributed by atoms with Crippen LogP contribution in [0.1, 0.15) is 46.5 Å². The molecule has 0 spiro atoms. The lowest BCUT2D eigenvalue weighted by Crippen LogP contribution is -2.44. The Balaban J connectivity index is 2.19. The standard InChI is InChI=1S/C11H23NO/c1-9(8-11(2,3)13-4)12-10-6-5-7-10/h9-10,12H,5-8H2,1-4H3. The molecule has 1 atom stereocenters. The van der Waals surface area contributed by atoms with Crippen molar-refractivity contribution in [1.82, 2.24) is 5.32 Å². The maximum Gasteiger partial charge on any atom is 0.0637 e. The van der Waals surface area contributed by atoms with Crippen molar-refractivity contribution >= 4 is 0 Å². The Morgan fingerprint density at radius 1 is 1.46 bits per heavy atom. The third-order valence-electron chi connectivity index (χ3n) is 2.98. The molecular weight excluding hydrogens is 162 g/mol. The van der Waals surface area contributed by atoms with Crippen molar-refractivity contribution in [3.05, 3.63) is 0 Å². The van der Waals surface area contributed by atoms with Gasteiger partial charge in [0.25, 0.3) is 0 Å². The molecule has 0 saturated heterocycles. The van der Waals surface area contributed by atoms with Crippen LogP contribution in [0, 0.1) is 0 Å². The van der Waals surface area contributed by atoms with Crippen LogP contribution in [-0.4, -0.2) is 24.8 Å². The maximum absolute atomic E-state index is 5.40. The molecule has 0 radical (unpaired) electrons. The Hall–Kier alpha value is -0.0800. The summed E-state index contributed by atoms with van der Waals surface area (Å²) in [4.78, 5) is 0. The third-order valence-corrected chi connectivity index (χ3v) is 2.98. The number of nitrogens with one attached hydrogen (secondary N) is 1. The van der Waals surface area contributed by atoms with Crippen molar-refractivity contribution in [3.63, 3.8) is 0 Å². The molecule has 0 bridgehead atoms. The Bertz CT molecular complexity index is 152. The number of rotatable bonds is 5. The minimum Gasteiger partial charge on any atom is -0.379 e. The van der Waals surface area contributed by atoms with Gasteiger partial charge in [0.15, 0.2) is 0 Å². The quantitative estimate of drug-likeness (QED) is 0.710. The van der Waals surface area contributed by atoms with Gasteiger partial charge in [-0.2, -0.15) is 0 Å². The molecule has 78 valence electrons. The van der Waals surface area contributed by atoms with Gasteiger partial charge < -0.3 is 10.1 Å². The van der Waals surface area contributed by atoms with E-state index in [0.29, 0.717) is 6.04 Å². The van der Waals surface area contributed by atoms with Crippen molar-refractivity contribution < 1.29 is 4.74 Å². The third kappa shape index (κ3) is 3.65. The van der Waals surface area contributed by atoms with E-state index in [9.17, 15) is 0 Å². The molecule has 2 heteroatoms. The number of methoxy groups -OCH3 is 1. The van der Waals surface area contributed by atoms with Gasteiger partial charge >= 0.3 is 0 Å². The van der Waals surface area contributed by atoms with Crippen LogP contribution >= 0.6 is 0 Å². The van der Waals surface area contributed by atoms with E-state index in [2.05, 4.69) is 26.1 Å². The Morgan fingerprint density at radius 2 is 2.08 bits per heavy atom. The summed E-state index contributed by atoms with van der Waals surface area (Å²) in [7, 11) is 1.79. The molecular formula is C11H23NO. The molecule has 1 aliphatic rings. The average Bonchev–Trinajstić information content (AvgIpc) is 1.96. The average molecular weight is 185 g/mol. The molecule has 1 N–H and O–H groups in total. The zero-order chi connectivity index (χ0) is 9.90. The van der Waals surface area contributed by atoms with E-state index < -0.39 is 0 Å². The summed E-state index contributed by atoms with van der Waals surface area (Å²) in [5, 5.41) is 3.63. The fourth-order valence-corrected chi connectivity index (χ4v) is 1.86. The molecule has 0 aromatic rings. The predicted molar refractivity (Wildman–Crippen MR) is 55.9 cm³/mol. The summed E-state index contributed by atoms with van der Waals surface area (Å²) in [6, 6.07) is 1.35. The van der Waals surface area contributed by atoms with Crippen molar-refractivity contribution in [3.8, 4) is 0 Å². The molecule has 1 saturated carbocycles. The molecule has 1 unspecified atom stereocenters. The molecule has 0 heterocycles. The van der Waals surface area contributed by atoms with E-state index in [0.717, 1.165) is 12.5 Å². The first-order valence-corrected chi connectivity index (χ1v) is 5.35. The summed E-state index contributed by atoms with van der Waals surface area (Å²) < 4.78 is 5.40. The van der Waals surface area contributed by atoms with Crippen LogP contribution in [-0.2, 0) is 4.74 Å². The van der Waals surface area contributed by atoms with Gasteiger partial charge in [-0.25, -0.2) is 0 Å². The highest BCUT2D eigenvalue weighted by molar-refractivity contribution is 4.82. The predicted octanol–water partition coefficient (Wildman–Crippen LogP) is 2.33. The zero-order valence-electron chi connectivity index (χ0n) is 9.39. The summed E-state index contributed by atoms with van der Waals surface area (Å²) in [6.45, 7) is 6.54. The summed E-state index contributed by atoms with van der Waals surface area (Å²) >= 11 is 0. The lowest BCUT2D eigenvalue weighted by atomic mass is 9.91. The smallest absolute Gasteiger partial charge is 0.0637 e. The molecule has 0 aliphatic heterocycles. The lowest BCUT2D eigenvalue weighted by Gasteiger charge is -2.33. The van der Waals surface area contributed by atoms with Crippen molar-refractivity contribution in [2.75, 3.05) is 7.11 Å². The fraction of sp³-hybridized carbons (Fsp3) is 1.00. The number of hydrogen-bond donors (Lipinski definition) is 1. The first-order valence-electron chi connectivity index (χ1n) is 5.35. The lowest BCUT2D eigenvalue weighted by molar-refractivity contribution is 0.00679. The van der Waals surface area contributed by atoms with Crippen molar-refractivity contribution in [1.29, 1.82) is 0 Å². The van der Waals surface area contributed by atoms with Gasteiger partial charge in [-0.15, -0.1) is 0 Å². The molecule has 2 nitrogen and oxygen atoms in total. The first kappa shape index (κ1) is 11.0. The highest BCUT2D eigenvalue weighted by Gasteiger charge is 2.24. The monoisotopic (exact) mass is 185 g/mol. The highest BCUT2D eigenvalue weighted by Crippen LogP contribution is 2.21. The van der Waals surface area contributed by atoms with Gasteiger partial charge in [-0.1, -0.05) is 6.42 Å². The fourth-order valence-electron chi connectivity index (χ4n) is 1.86. The topological polar surface area (TPSA) is 21.3 Å². The van der Waals surface area contributed by atoms with E-state index in [4.69, 9.17) is 4.74 Å². The van der Waals surface area contributed by atoms with E-state index >= 15 is 0 Å². The largest absolute Gasteiger partial charge is 0.379 e. The Morgan fingerprint density at radius 3 is 2.46 bits per heavy atom. The van der Waals surface area contributed by atoms with Crippen molar-refractivity contribution in [2.24, 2.45) is 0 Å². The minimum absolute atomic E-state index is 0.0101. The van der Waals surface area contributed by atoms with Crippen LogP contribution in [0.3, 0.4) is 0 Å². The normalized spacial score (nSPS) is 21.2. The SMILES string of the molecule is COC(C)(C)CC(C)NC1CCC1. The van der Waals surface area contributed by atoms with E-state index in [1.54, 1.807) is 7.11 Å². The van der Waals surface area contributed by atoms with E-state index in [1.807, 2.05) is 0 Å². The molecule has 1 aliphatic carbocycles. The molecule has 0 aromatic carbocycles. The van der Waals surface area contributed by atoms with Crippen LogP contribution in [0.4, 0.5) is 0 Å². The van der Waals surface area contributed by atoms with Gasteiger partial charge in [0.1, 0.15) is 0 Å². The van der Waals surface area contributed by atoms with Crippen LogP contribution in [0.5, 0.6) is 0 Å². The number of ether oxygens (including phenoxy) is 1. The van der Waals surface area contributed by atoms with Crippen LogP contribution < -0.4 is 5.32 Å². The van der Waals surface area contributed by atoms with Gasteiger partial charge in [0.05, 0.1) is 5.60 Å². The second-order valence-electron chi connectivity index (χ2n) is 4.86. The zero-order valence-corrected chi connectivity index (χ0v) is 9.39. The van der Waals surface area contributed by atoms with Gasteiger partial charge in [-0.3, -0.25) is 0 Å². The van der Waals surface area contributed by atoms with E-state index in [-0.39, 0.29) is 5.60 Å². The van der Waals surface area contributed by atoms with Crippen LogP contribution in [0.2, 0.25) is 0 Å². The Kier molecular flexibility index (Phi) is 3.74. The summed E-state index contributed by atoms with van der Waals surface area (Å²) in [6.07, 6.45) is 5.20. The summed E-state index contributed by atoms with van der Waals surface area (Å²) in [5.74, 6) is 0. The number of hydrogen-bond acceptors (Lipinski definition) is 2. The van der Waals surface area contributed by atoms with Gasteiger partial charge in [0, 0.05) is 19.2 Å². The molecule has 13 heavy (non-hydrogen) atoms. The van der Waals surface area contributed by atoms with Crippen molar-refractivity contribution in [2.45, 2.75) is 64.1 Å². The van der Waals surface area contributed by atoms with Gasteiger partial charge in [0.2, 0.25) is 0 Å². The molecule has 0 aromatic heterocycles.